The molecule has 0 aliphatic carbocycles. The van der Waals surface area contributed by atoms with Crippen LogP contribution in [0.15, 0.2) is 36.7 Å². The Labute approximate surface area is 284 Å². The van der Waals surface area contributed by atoms with Gasteiger partial charge in [-0.15, -0.1) is 0 Å². The Morgan fingerprint density at radius 1 is 1.10 bits per heavy atom. The van der Waals surface area contributed by atoms with Crippen LogP contribution >= 0.6 is 0 Å². The van der Waals surface area contributed by atoms with Gasteiger partial charge in [-0.3, -0.25) is 19.2 Å². The fourth-order valence-corrected chi connectivity index (χ4v) is 6.65. The molecule has 0 spiro atoms. The van der Waals surface area contributed by atoms with Crippen LogP contribution in [0, 0.1) is 5.82 Å². The van der Waals surface area contributed by atoms with Gasteiger partial charge in [0.05, 0.1) is 29.8 Å². The number of ether oxygens (including phenoxy) is 2. The molecule has 2 fully saturated rings. The number of hydrogen-bond donors (Lipinski definition) is 1. The second-order valence-electron chi connectivity index (χ2n) is 13.9. The van der Waals surface area contributed by atoms with Crippen LogP contribution in [0.1, 0.15) is 64.2 Å². The highest BCUT2D eigenvalue weighted by Gasteiger charge is 2.36. The lowest BCUT2D eigenvalue weighted by Crippen LogP contribution is -2.59. The summed E-state index contributed by atoms with van der Waals surface area (Å²) in [6.07, 6.45) is 5.03. The molecule has 1 N–H and O–H groups in total. The molecule has 14 heteroatoms. The largest absolute Gasteiger partial charge is 0.463 e. The van der Waals surface area contributed by atoms with E-state index in [1.165, 1.54) is 10.7 Å². The SMILES string of the molecule is C[C@@H]1CN(c2ccc(C(=O)Nc3cc(F)c4nn(C)cc4c3)c3nc(OCCCN4CCCC4=O)ncc23)C[C@H](C)N1C(=O)OC(C)(C)C. The molecule has 0 bridgehead atoms. The van der Waals surface area contributed by atoms with E-state index in [4.69, 9.17) is 14.5 Å². The van der Waals surface area contributed by atoms with Gasteiger partial charge in [0.15, 0.2) is 5.82 Å². The van der Waals surface area contributed by atoms with Crippen molar-refractivity contribution < 1.29 is 28.2 Å². The van der Waals surface area contributed by atoms with Crippen LogP contribution in [0.25, 0.3) is 21.8 Å². The summed E-state index contributed by atoms with van der Waals surface area (Å²) in [4.78, 5) is 53.8. The van der Waals surface area contributed by atoms with Crippen molar-refractivity contribution in [3.63, 3.8) is 0 Å². The number of aryl methyl sites for hydroxylation is 1. The molecule has 260 valence electrons. The van der Waals surface area contributed by atoms with Gasteiger partial charge >= 0.3 is 12.1 Å². The fourth-order valence-electron chi connectivity index (χ4n) is 6.65. The van der Waals surface area contributed by atoms with Crippen molar-refractivity contribution in [1.29, 1.82) is 0 Å². The van der Waals surface area contributed by atoms with E-state index in [-0.39, 0.29) is 46.9 Å². The van der Waals surface area contributed by atoms with Gasteiger partial charge in [-0.2, -0.15) is 10.1 Å². The monoisotopic (exact) mass is 674 g/mol. The van der Waals surface area contributed by atoms with Crippen LogP contribution in [0.2, 0.25) is 0 Å². The van der Waals surface area contributed by atoms with Crippen molar-refractivity contribution in [2.24, 2.45) is 7.05 Å². The number of fused-ring (bicyclic) bond motifs is 2. The standard InChI is InChI=1S/C35H43FN8O5/c1-21-18-43(19-22(2)44(21)34(47)49-35(3,4)5)28-11-10-25(32(46)38-24-15-23-20-41(6)40-30(23)27(36)16-24)31-26(28)17-37-33(39-31)48-14-8-13-42-12-7-9-29(42)45/h10-11,15-17,20-22H,7-9,12-14,18-19H2,1-6H3,(H,38,46)/t21-,22+. The van der Waals surface area contributed by atoms with Gasteiger partial charge in [-0.05, 0) is 71.7 Å². The molecule has 13 nitrogen and oxygen atoms in total. The Morgan fingerprint density at radius 3 is 2.55 bits per heavy atom. The molecule has 49 heavy (non-hydrogen) atoms. The first kappa shape index (κ1) is 33.9. The molecule has 4 heterocycles. The molecule has 2 aliphatic heterocycles. The van der Waals surface area contributed by atoms with Crippen LogP contribution in [0.3, 0.4) is 0 Å². The first-order valence-electron chi connectivity index (χ1n) is 16.7. The van der Waals surface area contributed by atoms with Gasteiger partial charge in [0.25, 0.3) is 5.91 Å². The van der Waals surface area contributed by atoms with E-state index in [1.807, 2.05) is 45.6 Å². The second-order valence-corrected chi connectivity index (χ2v) is 13.9. The van der Waals surface area contributed by atoms with Gasteiger partial charge in [0.1, 0.15) is 11.1 Å². The van der Waals surface area contributed by atoms with Crippen molar-refractivity contribution in [2.75, 3.05) is 43.0 Å². The molecule has 3 amide bonds. The molecule has 2 aromatic heterocycles. The number of halogens is 1. The van der Waals surface area contributed by atoms with Gasteiger partial charge < -0.3 is 24.6 Å². The average molecular weight is 675 g/mol. The van der Waals surface area contributed by atoms with Crippen molar-refractivity contribution in [3.8, 4) is 6.01 Å². The lowest BCUT2D eigenvalue weighted by molar-refractivity contribution is -0.127. The maximum absolute atomic E-state index is 14.8. The van der Waals surface area contributed by atoms with Crippen molar-refractivity contribution in [1.82, 2.24) is 29.5 Å². The Morgan fingerprint density at radius 2 is 1.86 bits per heavy atom. The quantitative estimate of drug-likeness (QED) is 0.252. The van der Waals surface area contributed by atoms with E-state index in [9.17, 15) is 18.8 Å². The Balaban J connectivity index is 1.28. The van der Waals surface area contributed by atoms with E-state index in [1.54, 1.807) is 36.5 Å². The van der Waals surface area contributed by atoms with E-state index in [0.29, 0.717) is 55.4 Å². The lowest BCUT2D eigenvalue weighted by Gasteiger charge is -2.45. The minimum absolute atomic E-state index is 0.103. The summed E-state index contributed by atoms with van der Waals surface area (Å²) in [6.45, 7) is 12.2. The fraction of sp³-hybridized carbons (Fsp3) is 0.486. The first-order valence-corrected chi connectivity index (χ1v) is 16.7. The highest BCUT2D eigenvalue weighted by Crippen LogP contribution is 2.33. The number of carbonyl (C=O) groups is 3. The highest BCUT2D eigenvalue weighted by molar-refractivity contribution is 6.14. The number of amides is 3. The highest BCUT2D eigenvalue weighted by atomic mass is 19.1. The molecular weight excluding hydrogens is 631 g/mol. The molecule has 2 saturated heterocycles. The number of hydrogen-bond acceptors (Lipinski definition) is 9. The number of likely N-dealkylation sites (tertiary alicyclic amines) is 1. The maximum Gasteiger partial charge on any atom is 0.410 e. The average Bonchev–Trinajstić information content (AvgIpc) is 3.61. The minimum Gasteiger partial charge on any atom is -0.463 e. The summed E-state index contributed by atoms with van der Waals surface area (Å²) in [5, 5.41) is 8.14. The number of nitrogens with one attached hydrogen (secondary N) is 1. The Kier molecular flexibility index (Phi) is 9.32. The number of rotatable bonds is 8. The van der Waals surface area contributed by atoms with Gasteiger partial charge in [-0.1, -0.05) is 0 Å². The summed E-state index contributed by atoms with van der Waals surface area (Å²) < 4.78 is 27.9. The van der Waals surface area contributed by atoms with Gasteiger partial charge in [-0.25, -0.2) is 14.2 Å². The van der Waals surface area contributed by atoms with Gasteiger partial charge in [0.2, 0.25) is 5.91 Å². The number of carbonyl (C=O) groups excluding carboxylic acids is 3. The van der Waals surface area contributed by atoms with Crippen LogP contribution in [-0.2, 0) is 16.6 Å². The van der Waals surface area contributed by atoms with E-state index in [2.05, 4.69) is 20.3 Å². The Bertz CT molecular complexity index is 1890. The summed E-state index contributed by atoms with van der Waals surface area (Å²) in [5.41, 5.74) is 1.31. The molecule has 2 atom stereocenters. The number of benzene rings is 2. The molecule has 2 aromatic carbocycles. The first-order chi connectivity index (χ1) is 23.3. The summed E-state index contributed by atoms with van der Waals surface area (Å²) in [6, 6.07) is 6.22. The molecule has 2 aliphatic rings. The summed E-state index contributed by atoms with van der Waals surface area (Å²) >= 11 is 0. The predicted molar refractivity (Wildman–Crippen MR) is 183 cm³/mol. The van der Waals surface area contributed by atoms with Crippen molar-refractivity contribution in [3.05, 3.63) is 48.0 Å². The van der Waals surface area contributed by atoms with Crippen LogP contribution in [0.5, 0.6) is 6.01 Å². The van der Waals surface area contributed by atoms with Crippen LogP contribution < -0.4 is 15.0 Å². The zero-order valence-electron chi connectivity index (χ0n) is 28.8. The molecule has 0 saturated carbocycles. The van der Waals surface area contributed by atoms with Crippen molar-refractivity contribution >= 4 is 51.1 Å². The summed E-state index contributed by atoms with van der Waals surface area (Å²) in [5.74, 6) is -0.868. The topological polar surface area (TPSA) is 135 Å². The number of anilines is 2. The maximum atomic E-state index is 14.8. The van der Waals surface area contributed by atoms with E-state index in [0.717, 1.165) is 18.7 Å². The number of nitrogens with zero attached hydrogens (tertiary/aromatic N) is 7. The number of aromatic nitrogens is 4. The summed E-state index contributed by atoms with van der Waals surface area (Å²) in [7, 11) is 1.70. The molecule has 6 rings (SSSR count). The zero-order chi connectivity index (χ0) is 35.0. The van der Waals surface area contributed by atoms with Crippen molar-refractivity contribution in [2.45, 2.75) is 71.6 Å². The molecule has 4 aromatic rings. The normalized spacial score (nSPS) is 18.4. The van der Waals surface area contributed by atoms with Crippen LogP contribution in [-0.4, -0.2) is 97.9 Å². The Hall–Kier alpha value is -5.01. The lowest BCUT2D eigenvalue weighted by atomic mass is 10.0. The predicted octanol–water partition coefficient (Wildman–Crippen LogP) is 5.13. The zero-order valence-corrected chi connectivity index (χ0v) is 28.8. The smallest absolute Gasteiger partial charge is 0.410 e. The van der Waals surface area contributed by atoms with Crippen LogP contribution in [0.4, 0.5) is 20.6 Å². The minimum atomic E-state index is -0.613. The second kappa shape index (κ2) is 13.5. The third-order valence-corrected chi connectivity index (χ3v) is 8.72. The van der Waals surface area contributed by atoms with E-state index < -0.39 is 17.3 Å². The third-order valence-electron chi connectivity index (χ3n) is 8.72. The van der Waals surface area contributed by atoms with Gasteiger partial charge in [0, 0.05) is 74.2 Å². The molecule has 0 unspecified atom stereocenters. The molecular formula is C35H43FN8O5. The van der Waals surface area contributed by atoms with E-state index >= 15 is 0 Å². The number of piperazine rings is 1. The molecule has 0 radical (unpaired) electrons. The third kappa shape index (κ3) is 7.37.